The van der Waals surface area contributed by atoms with Gasteiger partial charge in [-0.05, 0) is 31.5 Å². The standard InChI is InChI=1S/C21H24N4O2/c1-14-6-7-18(15(2)12-14)24-8-10-25(11-9-24)21-22-19-16(13-26)4-3-5-17(19)20(27)23-21/h3-7,12,26H,8-11,13H2,1-2H3,(H,22,23,27). The largest absolute Gasteiger partial charge is 0.392 e. The lowest BCUT2D eigenvalue weighted by Crippen LogP contribution is -2.47. The van der Waals surface area contributed by atoms with E-state index in [1.807, 2.05) is 0 Å². The van der Waals surface area contributed by atoms with Crippen LogP contribution in [0.5, 0.6) is 0 Å². The summed E-state index contributed by atoms with van der Waals surface area (Å²) in [6.07, 6.45) is 0. The van der Waals surface area contributed by atoms with Crippen LogP contribution in [0.25, 0.3) is 10.9 Å². The Bertz CT molecular complexity index is 1040. The number of piperazine rings is 1. The number of nitrogens with one attached hydrogen (secondary N) is 1. The molecular formula is C21H24N4O2. The smallest absolute Gasteiger partial charge is 0.260 e. The highest BCUT2D eigenvalue weighted by atomic mass is 16.3. The summed E-state index contributed by atoms with van der Waals surface area (Å²) in [5.41, 5.74) is 4.91. The third kappa shape index (κ3) is 3.28. The molecule has 0 unspecified atom stereocenters. The number of aryl methyl sites for hydroxylation is 2. The SMILES string of the molecule is Cc1ccc(N2CCN(c3nc4c(CO)cccc4c(=O)[nH]3)CC2)c(C)c1. The molecule has 0 saturated carbocycles. The van der Waals surface area contributed by atoms with Crippen LogP contribution in [0.2, 0.25) is 0 Å². The number of rotatable bonds is 3. The van der Waals surface area contributed by atoms with Crippen LogP contribution in [-0.4, -0.2) is 41.3 Å². The Labute approximate surface area is 158 Å². The average Bonchev–Trinajstić information content (AvgIpc) is 2.68. The molecule has 27 heavy (non-hydrogen) atoms. The summed E-state index contributed by atoms with van der Waals surface area (Å²) in [7, 11) is 0. The van der Waals surface area contributed by atoms with Crippen molar-refractivity contribution in [1.82, 2.24) is 9.97 Å². The third-order valence-corrected chi connectivity index (χ3v) is 5.25. The number of H-pyrrole nitrogens is 1. The van der Waals surface area contributed by atoms with E-state index in [2.05, 4.69) is 51.8 Å². The van der Waals surface area contributed by atoms with E-state index in [9.17, 15) is 9.90 Å². The molecule has 0 bridgehead atoms. The Hall–Kier alpha value is -2.86. The van der Waals surface area contributed by atoms with E-state index in [0.29, 0.717) is 22.4 Å². The minimum absolute atomic E-state index is 0.131. The number of aliphatic hydroxyl groups excluding tert-OH is 1. The van der Waals surface area contributed by atoms with Crippen LogP contribution in [0.3, 0.4) is 0 Å². The molecule has 0 atom stereocenters. The molecule has 1 saturated heterocycles. The first-order chi connectivity index (χ1) is 13.1. The zero-order valence-corrected chi connectivity index (χ0v) is 15.7. The molecule has 0 amide bonds. The highest BCUT2D eigenvalue weighted by Gasteiger charge is 2.21. The highest BCUT2D eigenvalue weighted by Crippen LogP contribution is 2.24. The van der Waals surface area contributed by atoms with Crippen LogP contribution in [0, 0.1) is 13.8 Å². The summed E-state index contributed by atoms with van der Waals surface area (Å²) in [4.78, 5) is 24.5. The van der Waals surface area contributed by atoms with Gasteiger partial charge in [-0.2, -0.15) is 0 Å². The van der Waals surface area contributed by atoms with Gasteiger partial charge in [-0.1, -0.05) is 29.8 Å². The monoisotopic (exact) mass is 364 g/mol. The van der Waals surface area contributed by atoms with Gasteiger partial charge in [-0.3, -0.25) is 9.78 Å². The number of fused-ring (bicyclic) bond motifs is 1. The van der Waals surface area contributed by atoms with Crippen molar-refractivity contribution in [3.8, 4) is 0 Å². The maximum Gasteiger partial charge on any atom is 0.260 e. The fourth-order valence-corrected chi connectivity index (χ4v) is 3.81. The van der Waals surface area contributed by atoms with Gasteiger partial charge in [-0.15, -0.1) is 0 Å². The predicted molar refractivity (Wildman–Crippen MR) is 109 cm³/mol. The van der Waals surface area contributed by atoms with Crippen LogP contribution in [-0.2, 0) is 6.61 Å². The molecule has 140 valence electrons. The molecule has 2 N–H and O–H groups in total. The molecule has 1 aliphatic rings. The van der Waals surface area contributed by atoms with Crippen LogP contribution in [0.1, 0.15) is 16.7 Å². The van der Waals surface area contributed by atoms with Crippen molar-refractivity contribution in [2.24, 2.45) is 0 Å². The van der Waals surface area contributed by atoms with Gasteiger partial charge in [0.05, 0.1) is 17.5 Å². The topological polar surface area (TPSA) is 72.5 Å². The van der Waals surface area contributed by atoms with Crippen LogP contribution in [0.4, 0.5) is 11.6 Å². The van der Waals surface area contributed by atoms with E-state index in [1.165, 1.54) is 16.8 Å². The second-order valence-corrected chi connectivity index (χ2v) is 7.12. The quantitative estimate of drug-likeness (QED) is 0.746. The van der Waals surface area contributed by atoms with Crippen LogP contribution in [0.15, 0.2) is 41.2 Å². The number of aromatic amines is 1. The molecule has 1 aliphatic heterocycles. The van der Waals surface area contributed by atoms with Gasteiger partial charge in [0.2, 0.25) is 5.95 Å². The van der Waals surface area contributed by atoms with Crippen LogP contribution >= 0.6 is 0 Å². The fraction of sp³-hybridized carbons (Fsp3) is 0.333. The molecule has 2 heterocycles. The zero-order chi connectivity index (χ0) is 19.0. The van der Waals surface area contributed by atoms with E-state index in [-0.39, 0.29) is 12.2 Å². The first-order valence-electron chi connectivity index (χ1n) is 9.27. The fourth-order valence-electron chi connectivity index (χ4n) is 3.81. The predicted octanol–water partition coefficient (Wildman–Crippen LogP) is 2.36. The van der Waals surface area contributed by atoms with Crippen molar-refractivity contribution >= 4 is 22.5 Å². The maximum absolute atomic E-state index is 12.5. The lowest BCUT2D eigenvalue weighted by atomic mass is 10.1. The summed E-state index contributed by atoms with van der Waals surface area (Å²) >= 11 is 0. The molecule has 2 aromatic carbocycles. The van der Waals surface area contributed by atoms with Crippen LogP contribution < -0.4 is 15.4 Å². The number of para-hydroxylation sites is 1. The Morgan fingerprint density at radius 3 is 2.52 bits per heavy atom. The number of aliphatic hydroxyl groups is 1. The number of anilines is 2. The molecule has 4 rings (SSSR count). The van der Waals surface area contributed by atoms with Crippen molar-refractivity contribution in [2.75, 3.05) is 36.0 Å². The molecule has 6 nitrogen and oxygen atoms in total. The van der Waals surface area contributed by atoms with Crippen molar-refractivity contribution in [3.63, 3.8) is 0 Å². The number of nitrogens with zero attached hydrogens (tertiary/aromatic N) is 3. The molecule has 1 fully saturated rings. The molecule has 3 aromatic rings. The first-order valence-corrected chi connectivity index (χ1v) is 9.27. The van der Waals surface area contributed by atoms with E-state index < -0.39 is 0 Å². The third-order valence-electron chi connectivity index (χ3n) is 5.25. The Kier molecular flexibility index (Phi) is 4.58. The summed E-state index contributed by atoms with van der Waals surface area (Å²) in [5.74, 6) is 0.577. The highest BCUT2D eigenvalue weighted by molar-refractivity contribution is 5.81. The Balaban J connectivity index is 1.58. The number of hydrogen-bond donors (Lipinski definition) is 2. The van der Waals surface area contributed by atoms with Gasteiger partial charge in [0.1, 0.15) is 0 Å². The molecule has 6 heteroatoms. The number of aromatic nitrogens is 2. The minimum atomic E-state index is -0.165. The van der Waals surface area contributed by atoms with Gasteiger partial charge in [0, 0.05) is 37.4 Å². The molecular weight excluding hydrogens is 340 g/mol. The summed E-state index contributed by atoms with van der Waals surface area (Å²) < 4.78 is 0. The van der Waals surface area contributed by atoms with Gasteiger partial charge in [-0.25, -0.2) is 4.98 Å². The van der Waals surface area contributed by atoms with Crippen molar-refractivity contribution in [3.05, 3.63) is 63.4 Å². The molecule has 0 aliphatic carbocycles. The summed E-state index contributed by atoms with van der Waals surface area (Å²) in [5, 5.41) is 10.1. The summed E-state index contributed by atoms with van der Waals surface area (Å²) in [6, 6.07) is 11.9. The van der Waals surface area contributed by atoms with Crippen molar-refractivity contribution in [2.45, 2.75) is 20.5 Å². The lowest BCUT2D eigenvalue weighted by molar-refractivity contribution is 0.283. The van der Waals surface area contributed by atoms with E-state index in [0.717, 1.165) is 26.2 Å². The average molecular weight is 364 g/mol. The minimum Gasteiger partial charge on any atom is -0.392 e. The zero-order valence-electron chi connectivity index (χ0n) is 15.7. The van der Waals surface area contributed by atoms with Crippen molar-refractivity contribution in [1.29, 1.82) is 0 Å². The number of hydrogen-bond acceptors (Lipinski definition) is 5. The lowest BCUT2D eigenvalue weighted by Gasteiger charge is -2.37. The van der Waals surface area contributed by atoms with Gasteiger partial charge in [0.25, 0.3) is 5.56 Å². The van der Waals surface area contributed by atoms with Gasteiger partial charge < -0.3 is 14.9 Å². The number of benzene rings is 2. The second kappa shape index (κ2) is 7.04. The van der Waals surface area contributed by atoms with Gasteiger partial charge >= 0.3 is 0 Å². The van der Waals surface area contributed by atoms with E-state index in [1.54, 1.807) is 18.2 Å². The Morgan fingerprint density at radius 1 is 1.07 bits per heavy atom. The molecule has 0 radical (unpaired) electrons. The van der Waals surface area contributed by atoms with Gasteiger partial charge in [0.15, 0.2) is 0 Å². The summed E-state index contributed by atoms with van der Waals surface area (Å²) in [6.45, 7) is 7.42. The van der Waals surface area contributed by atoms with E-state index >= 15 is 0 Å². The normalized spacial score (nSPS) is 14.8. The maximum atomic E-state index is 12.5. The molecule has 0 spiro atoms. The molecule has 1 aromatic heterocycles. The van der Waals surface area contributed by atoms with Crippen molar-refractivity contribution < 1.29 is 5.11 Å². The second-order valence-electron chi connectivity index (χ2n) is 7.12. The Morgan fingerprint density at radius 2 is 1.81 bits per heavy atom. The first kappa shape index (κ1) is 17.5. The van der Waals surface area contributed by atoms with E-state index in [4.69, 9.17) is 0 Å².